The molecule has 1 fully saturated rings. The van der Waals surface area contributed by atoms with Crippen molar-refractivity contribution in [1.82, 2.24) is 0 Å². The first kappa shape index (κ1) is 26.0. The zero-order valence-corrected chi connectivity index (χ0v) is 19.0. The predicted molar refractivity (Wildman–Crippen MR) is 118 cm³/mol. The van der Waals surface area contributed by atoms with Gasteiger partial charge in [0.1, 0.15) is 22.9 Å². The van der Waals surface area contributed by atoms with Gasteiger partial charge in [0.25, 0.3) is 0 Å². The number of halogens is 7. The molecule has 0 bridgehead atoms. The standard InChI is InChI=1S/C25H20BF7O3/c1-2-3-14-12-34-26(35-13-14)17-6-4-15(5-7-17)16-8-19(27)23(20(28)9-16)25(32,33)36-18-10-21(29)24(31)22(30)11-18/h4-11,14H,2-3,12-13H2,1H3. The van der Waals surface area contributed by atoms with E-state index in [1.165, 1.54) is 12.1 Å². The minimum atomic E-state index is -4.65. The van der Waals surface area contributed by atoms with Crippen LogP contribution in [0.1, 0.15) is 25.3 Å². The van der Waals surface area contributed by atoms with Crippen LogP contribution in [0, 0.1) is 35.0 Å². The van der Waals surface area contributed by atoms with Gasteiger partial charge in [-0.2, -0.15) is 8.78 Å². The molecular formula is C25H20BF7O3. The van der Waals surface area contributed by atoms with E-state index in [9.17, 15) is 30.7 Å². The van der Waals surface area contributed by atoms with E-state index >= 15 is 0 Å². The van der Waals surface area contributed by atoms with Crippen LogP contribution in [-0.4, -0.2) is 20.3 Å². The number of hydrogen-bond acceptors (Lipinski definition) is 3. The van der Waals surface area contributed by atoms with Crippen molar-refractivity contribution in [2.45, 2.75) is 25.9 Å². The Hall–Kier alpha value is -3.05. The predicted octanol–water partition coefficient (Wildman–Crippen LogP) is 6.34. The third kappa shape index (κ3) is 5.52. The van der Waals surface area contributed by atoms with E-state index in [0.29, 0.717) is 42.3 Å². The number of benzene rings is 3. The summed E-state index contributed by atoms with van der Waals surface area (Å²) in [4.78, 5) is 0. The van der Waals surface area contributed by atoms with Gasteiger partial charge >= 0.3 is 13.2 Å². The topological polar surface area (TPSA) is 27.7 Å². The zero-order chi connectivity index (χ0) is 26.0. The van der Waals surface area contributed by atoms with E-state index in [4.69, 9.17) is 9.31 Å². The largest absolute Gasteiger partial charge is 0.493 e. The molecule has 11 heteroatoms. The highest BCUT2D eigenvalue weighted by atomic mass is 19.3. The third-order valence-electron chi connectivity index (χ3n) is 5.72. The molecule has 1 aliphatic rings. The lowest BCUT2D eigenvalue weighted by Crippen LogP contribution is -2.44. The smallest absolute Gasteiger partial charge is 0.429 e. The van der Waals surface area contributed by atoms with Crippen LogP contribution in [0.25, 0.3) is 11.1 Å². The number of hydrogen-bond donors (Lipinski definition) is 0. The quantitative estimate of drug-likeness (QED) is 0.210. The molecule has 0 aliphatic carbocycles. The maximum atomic E-state index is 14.6. The lowest BCUT2D eigenvalue weighted by atomic mass is 9.76. The van der Waals surface area contributed by atoms with E-state index in [-0.39, 0.29) is 17.7 Å². The molecule has 0 atom stereocenters. The molecule has 3 aromatic rings. The minimum Gasteiger partial charge on any atom is -0.429 e. The van der Waals surface area contributed by atoms with Crippen LogP contribution in [-0.2, 0) is 15.4 Å². The molecule has 1 aliphatic heterocycles. The molecule has 0 radical (unpaired) electrons. The number of alkyl halides is 2. The lowest BCUT2D eigenvalue weighted by molar-refractivity contribution is -0.189. The summed E-state index contributed by atoms with van der Waals surface area (Å²) in [6.45, 7) is 3.17. The molecule has 4 rings (SSSR count). The number of rotatable bonds is 7. The van der Waals surface area contributed by atoms with Crippen molar-refractivity contribution in [3.8, 4) is 16.9 Å². The monoisotopic (exact) mass is 512 g/mol. The van der Waals surface area contributed by atoms with Gasteiger partial charge in [0, 0.05) is 31.3 Å². The first-order valence-electron chi connectivity index (χ1n) is 11.1. The van der Waals surface area contributed by atoms with Crippen molar-refractivity contribution in [3.63, 3.8) is 0 Å². The third-order valence-corrected chi connectivity index (χ3v) is 5.72. The van der Waals surface area contributed by atoms with Crippen LogP contribution in [0.4, 0.5) is 30.7 Å². The van der Waals surface area contributed by atoms with Crippen LogP contribution >= 0.6 is 0 Å². The Morgan fingerprint density at radius 3 is 1.92 bits per heavy atom. The summed E-state index contributed by atoms with van der Waals surface area (Å²) in [6, 6.07) is 7.99. The van der Waals surface area contributed by atoms with Crippen molar-refractivity contribution < 1.29 is 44.8 Å². The molecule has 0 spiro atoms. The summed E-state index contributed by atoms with van der Waals surface area (Å²) in [5, 5.41) is 0. The van der Waals surface area contributed by atoms with E-state index in [2.05, 4.69) is 11.7 Å². The van der Waals surface area contributed by atoms with Crippen molar-refractivity contribution in [2.75, 3.05) is 13.2 Å². The summed E-state index contributed by atoms with van der Waals surface area (Å²) in [5.74, 6) is -9.64. The van der Waals surface area contributed by atoms with Gasteiger partial charge in [-0.3, -0.25) is 0 Å². The Labute approximate surface area is 202 Å². The average Bonchev–Trinajstić information content (AvgIpc) is 2.82. The first-order valence-corrected chi connectivity index (χ1v) is 11.1. The second kappa shape index (κ2) is 10.5. The van der Waals surface area contributed by atoms with E-state index in [1.54, 1.807) is 12.1 Å². The summed E-state index contributed by atoms with van der Waals surface area (Å²) in [6.07, 6.45) is -2.65. The summed E-state index contributed by atoms with van der Waals surface area (Å²) in [7, 11) is -0.583. The SMILES string of the molecule is CCCC1COB(c2ccc(-c3cc(F)c(C(F)(F)Oc4cc(F)c(F)c(F)c4)c(F)c3)cc2)OC1. The van der Waals surface area contributed by atoms with Crippen molar-refractivity contribution >= 4 is 12.6 Å². The summed E-state index contributed by atoms with van der Waals surface area (Å²) < 4.78 is 114. The van der Waals surface area contributed by atoms with Crippen LogP contribution in [0.3, 0.4) is 0 Å². The summed E-state index contributed by atoms with van der Waals surface area (Å²) >= 11 is 0. The maximum Gasteiger partial charge on any atom is 0.493 e. The van der Waals surface area contributed by atoms with Gasteiger partial charge in [-0.25, -0.2) is 22.0 Å². The van der Waals surface area contributed by atoms with Crippen molar-refractivity contribution in [2.24, 2.45) is 5.92 Å². The highest BCUT2D eigenvalue weighted by Crippen LogP contribution is 2.37. The van der Waals surface area contributed by atoms with Crippen LogP contribution in [0.2, 0.25) is 0 Å². The van der Waals surface area contributed by atoms with Gasteiger partial charge < -0.3 is 14.0 Å². The fourth-order valence-electron chi connectivity index (χ4n) is 3.95. The first-order chi connectivity index (χ1) is 17.1. The second-order valence-electron chi connectivity index (χ2n) is 8.41. The molecule has 1 saturated heterocycles. The molecule has 190 valence electrons. The van der Waals surface area contributed by atoms with Crippen molar-refractivity contribution in [1.29, 1.82) is 0 Å². The van der Waals surface area contributed by atoms with Gasteiger partial charge in [0.05, 0.1) is 0 Å². The lowest BCUT2D eigenvalue weighted by Gasteiger charge is -2.27. The Balaban J connectivity index is 1.53. The van der Waals surface area contributed by atoms with Gasteiger partial charge in [-0.1, -0.05) is 37.6 Å². The second-order valence-corrected chi connectivity index (χ2v) is 8.41. The molecule has 1 heterocycles. The zero-order valence-electron chi connectivity index (χ0n) is 19.0. The normalized spacial score (nSPS) is 14.8. The molecule has 3 aromatic carbocycles. The van der Waals surface area contributed by atoms with E-state index < -0.39 is 53.6 Å². The molecule has 0 aromatic heterocycles. The highest BCUT2D eigenvalue weighted by Gasteiger charge is 2.41. The molecule has 0 N–H and O–H groups in total. The number of ether oxygens (including phenoxy) is 1. The maximum absolute atomic E-state index is 14.6. The Morgan fingerprint density at radius 1 is 0.833 bits per heavy atom. The van der Waals surface area contributed by atoms with Crippen LogP contribution in [0.15, 0.2) is 48.5 Å². The summed E-state index contributed by atoms with van der Waals surface area (Å²) in [5.41, 5.74) is -0.790. The van der Waals surface area contributed by atoms with Crippen molar-refractivity contribution in [3.05, 3.63) is 83.2 Å². The van der Waals surface area contributed by atoms with E-state index in [1.807, 2.05) is 0 Å². The van der Waals surface area contributed by atoms with Crippen LogP contribution in [0.5, 0.6) is 5.75 Å². The fraction of sp³-hybridized carbons (Fsp3) is 0.280. The Kier molecular flexibility index (Phi) is 7.61. The molecule has 0 saturated carbocycles. The van der Waals surface area contributed by atoms with Gasteiger partial charge in [0.15, 0.2) is 17.5 Å². The van der Waals surface area contributed by atoms with Gasteiger partial charge in [-0.15, -0.1) is 0 Å². The minimum absolute atomic E-state index is 0.0385. The highest BCUT2D eigenvalue weighted by molar-refractivity contribution is 6.61. The Bertz CT molecular complexity index is 1180. The molecule has 0 amide bonds. The molecule has 36 heavy (non-hydrogen) atoms. The molecular weight excluding hydrogens is 492 g/mol. The average molecular weight is 512 g/mol. The van der Waals surface area contributed by atoms with Gasteiger partial charge in [0.2, 0.25) is 0 Å². The van der Waals surface area contributed by atoms with Gasteiger partial charge in [-0.05, 0) is 35.1 Å². The molecule has 0 unspecified atom stereocenters. The van der Waals surface area contributed by atoms with Crippen LogP contribution < -0.4 is 10.2 Å². The van der Waals surface area contributed by atoms with E-state index in [0.717, 1.165) is 12.8 Å². The Morgan fingerprint density at radius 2 is 1.39 bits per heavy atom. The fourth-order valence-corrected chi connectivity index (χ4v) is 3.95. The molecule has 3 nitrogen and oxygen atoms in total.